The summed E-state index contributed by atoms with van der Waals surface area (Å²) < 4.78 is 0. The van der Waals surface area contributed by atoms with Crippen molar-refractivity contribution in [2.24, 2.45) is 11.8 Å². The molecule has 0 amide bonds. The largest absolute Gasteiger partial charge is 0.370 e. The predicted molar refractivity (Wildman–Crippen MR) is 76.9 cm³/mol. The van der Waals surface area contributed by atoms with Gasteiger partial charge in [0.15, 0.2) is 0 Å². The maximum atomic E-state index is 5.47. The Hall–Kier alpha value is -1.36. The zero-order chi connectivity index (χ0) is 13.1. The monoisotopic (exact) mass is 261 g/mol. The van der Waals surface area contributed by atoms with E-state index >= 15 is 0 Å². The average Bonchev–Trinajstić information content (AvgIpc) is 3.17. The van der Waals surface area contributed by atoms with Crippen LogP contribution in [-0.4, -0.2) is 16.5 Å². The van der Waals surface area contributed by atoms with E-state index in [-0.39, 0.29) is 0 Å². The molecule has 4 N–H and O–H groups in total. The molecule has 1 heterocycles. The second-order valence-electron chi connectivity index (χ2n) is 5.78. The zero-order valence-corrected chi connectivity index (χ0v) is 11.4. The number of hydrazine groups is 1. The fraction of sp³-hybridized carbons (Fsp3) is 0.714. The van der Waals surface area contributed by atoms with Crippen molar-refractivity contribution in [2.45, 2.75) is 50.9 Å². The highest BCUT2D eigenvalue weighted by Crippen LogP contribution is 2.38. The third-order valence-corrected chi connectivity index (χ3v) is 4.17. The summed E-state index contributed by atoms with van der Waals surface area (Å²) in [6.07, 6.45) is 9.26. The highest BCUT2D eigenvalue weighted by atomic mass is 15.3. The van der Waals surface area contributed by atoms with E-state index in [1.54, 1.807) is 0 Å². The number of hydrogen-bond acceptors (Lipinski definition) is 5. The van der Waals surface area contributed by atoms with Crippen LogP contribution in [0.2, 0.25) is 0 Å². The van der Waals surface area contributed by atoms with Gasteiger partial charge in [0.05, 0.1) is 0 Å². The van der Waals surface area contributed by atoms with Gasteiger partial charge in [0.1, 0.15) is 17.5 Å². The standard InChI is InChI=1S/C14H23N5/c15-19-13-9-12(17-14(18-13)11-5-6-11)16-8-7-10-3-1-2-4-10/h9-11H,1-8,15H2,(H2,16,17,18,19). The lowest BCUT2D eigenvalue weighted by molar-refractivity contribution is 0.518. The van der Waals surface area contributed by atoms with E-state index < -0.39 is 0 Å². The highest BCUT2D eigenvalue weighted by Gasteiger charge is 2.27. The molecule has 2 aliphatic rings. The fourth-order valence-electron chi connectivity index (χ4n) is 2.86. The molecule has 2 saturated carbocycles. The lowest BCUT2D eigenvalue weighted by Crippen LogP contribution is -2.13. The molecular weight excluding hydrogens is 238 g/mol. The normalized spacial score (nSPS) is 19.6. The van der Waals surface area contributed by atoms with Crippen LogP contribution in [-0.2, 0) is 0 Å². The minimum Gasteiger partial charge on any atom is -0.370 e. The van der Waals surface area contributed by atoms with Crippen molar-refractivity contribution < 1.29 is 0 Å². The Labute approximate surface area is 114 Å². The average molecular weight is 261 g/mol. The summed E-state index contributed by atoms with van der Waals surface area (Å²) in [6, 6.07) is 1.89. The van der Waals surface area contributed by atoms with Crippen molar-refractivity contribution in [1.82, 2.24) is 9.97 Å². The van der Waals surface area contributed by atoms with E-state index in [4.69, 9.17) is 5.84 Å². The van der Waals surface area contributed by atoms with Crippen molar-refractivity contribution in [1.29, 1.82) is 0 Å². The molecule has 0 aliphatic heterocycles. The van der Waals surface area contributed by atoms with Crippen LogP contribution in [0.15, 0.2) is 6.07 Å². The van der Waals surface area contributed by atoms with E-state index in [1.165, 1.54) is 44.9 Å². The minimum atomic E-state index is 0.545. The summed E-state index contributed by atoms with van der Waals surface area (Å²) in [5.74, 6) is 9.46. The van der Waals surface area contributed by atoms with Gasteiger partial charge in [-0.3, -0.25) is 0 Å². The Kier molecular flexibility index (Phi) is 3.82. The van der Waals surface area contributed by atoms with Crippen LogP contribution < -0.4 is 16.6 Å². The maximum Gasteiger partial charge on any atom is 0.145 e. The van der Waals surface area contributed by atoms with E-state index in [1.807, 2.05) is 6.07 Å². The second-order valence-corrected chi connectivity index (χ2v) is 5.78. The van der Waals surface area contributed by atoms with Crippen molar-refractivity contribution in [3.05, 3.63) is 11.9 Å². The highest BCUT2D eigenvalue weighted by molar-refractivity contribution is 5.47. The first kappa shape index (κ1) is 12.7. The molecule has 0 radical (unpaired) electrons. The maximum absolute atomic E-state index is 5.47. The van der Waals surface area contributed by atoms with Crippen LogP contribution in [0.5, 0.6) is 0 Å². The molecule has 0 spiro atoms. The molecule has 1 aromatic rings. The van der Waals surface area contributed by atoms with E-state index in [2.05, 4.69) is 20.7 Å². The molecule has 5 nitrogen and oxygen atoms in total. The molecule has 0 bridgehead atoms. The van der Waals surface area contributed by atoms with Gasteiger partial charge >= 0.3 is 0 Å². The van der Waals surface area contributed by atoms with E-state index in [0.717, 1.165) is 24.1 Å². The Morgan fingerprint density at radius 1 is 1.11 bits per heavy atom. The van der Waals surface area contributed by atoms with Gasteiger partial charge in [0, 0.05) is 18.5 Å². The van der Waals surface area contributed by atoms with E-state index in [9.17, 15) is 0 Å². The Bertz CT molecular complexity index is 424. The van der Waals surface area contributed by atoms with Crippen molar-refractivity contribution in [2.75, 3.05) is 17.3 Å². The number of aromatic nitrogens is 2. The number of nitrogens with zero attached hydrogens (tertiary/aromatic N) is 2. The molecule has 0 aromatic carbocycles. The summed E-state index contributed by atoms with van der Waals surface area (Å²) in [5.41, 5.74) is 2.63. The first-order valence-electron chi connectivity index (χ1n) is 7.44. The van der Waals surface area contributed by atoms with Crippen LogP contribution >= 0.6 is 0 Å². The molecular formula is C14H23N5. The molecule has 0 unspecified atom stereocenters. The van der Waals surface area contributed by atoms with E-state index in [0.29, 0.717) is 11.7 Å². The number of nitrogens with one attached hydrogen (secondary N) is 2. The van der Waals surface area contributed by atoms with Crippen LogP contribution in [0.3, 0.4) is 0 Å². The third kappa shape index (κ3) is 3.35. The first-order chi connectivity index (χ1) is 9.35. The molecule has 0 atom stereocenters. The molecule has 2 fully saturated rings. The summed E-state index contributed by atoms with van der Waals surface area (Å²) in [5, 5.41) is 3.42. The number of nitrogen functional groups attached to an aromatic ring is 1. The van der Waals surface area contributed by atoms with Crippen LogP contribution in [0.1, 0.15) is 56.7 Å². The van der Waals surface area contributed by atoms with Gasteiger partial charge in [-0.2, -0.15) is 0 Å². The van der Waals surface area contributed by atoms with Crippen LogP contribution in [0.4, 0.5) is 11.6 Å². The summed E-state index contributed by atoms with van der Waals surface area (Å²) in [6.45, 7) is 0.996. The number of nitrogens with two attached hydrogens (primary N) is 1. The van der Waals surface area contributed by atoms with Gasteiger partial charge in [-0.25, -0.2) is 15.8 Å². The second kappa shape index (κ2) is 5.74. The fourth-order valence-corrected chi connectivity index (χ4v) is 2.86. The zero-order valence-electron chi connectivity index (χ0n) is 11.4. The van der Waals surface area contributed by atoms with Gasteiger partial charge < -0.3 is 10.7 Å². The van der Waals surface area contributed by atoms with Crippen LogP contribution in [0.25, 0.3) is 0 Å². The Morgan fingerprint density at radius 2 is 1.84 bits per heavy atom. The van der Waals surface area contributed by atoms with Gasteiger partial charge in [-0.15, -0.1) is 0 Å². The van der Waals surface area contributed by atoms with Crippen molar-refractivity contribution >= 4 is 11.6 Å². The first-order valence-corrected chi connectivity index (χ1v) is 7.44. The molecule has 3 rings (SSSR count). The van der Waals surface area contributed by atoms with Gasteiger partial charge in [0.25, 0.3) is 0 Å². The molecule has 19 heavy (non-hydrogen) atoms. The number of anilines is 2. The summed E-state index contributed by atoms with van der Waals surface area (Å²) >= 11 is 0. The molecule has 5 heteroatoms. The molecule has 1 aromatic heterocycles. The molecule has 104 valence electrons. The summed E-state index contributed by atoms with van der Waals surface area (Å²) in [4.78, 5) is 9.00. The number of rotatable bonds is 6. The number of hydrogen-bond donors (Lipinski definition) is 3. The summed E-state index contributed by atoms with van der Waals surface area (Å²) in [7, 11) is 0. The SMILES string of the molecule is NNc1cc(NCCC2CCCC2)nc(C2CC2)n1. The van der Waals surface area contributed by atoms with Gasteiger partial charge in [0.2, 0.25) is 0 Å². The Balaban J connectivity index is 1.57. The molecule has 0 saturated heterocycles. The van der Waals surface area contributed by atoms with Gasteiger partial charge in [-0.05, 0) is 25.2 Å². The van der Waals surface area contributed by atoms with Crippen molar-refractivity contribution in [3.63, 3.8) is 0 Å². The molecule has 2 aliphatic carbocycles. The lowest BCUT2D eigenvalue weighted by Gasteiger charge is -2.12. The quantitative estimate of drug-likeness (QED) is 0.542. The predicted octanol–water partition coefficient (Wildman–Crippen LogP) is 2.63. The smallest absolute Gasteiger partial charge is 0.145 e. The third-order valence-electron chi connectivity index (χ3n) is 4.17. The minimum absolute atomic E-state index is 0.545. The Morgan fingerprint density at radius 3 is 2.53 bits per heavy atom. The van der Waals surface area contributed by atoms with Crippen molar-refractivity contribution in [3.8, 4) is 0 Å². The van der Waals surface area contributed by atoms with Gasteiger partial charge in [-0.1, -0.05) is 25.7 Å². The van der Waals surface area contributed by atoms with Crippen LogP contribution in [0, 0.1) is 5.92 Å². The topological polar surface area (TPSA) is 75.9 Å². The lowest BCUT2D eigenvalue weighted by atomic mass is 10.0.